The molecule has 0 spiro atoms. The number of ether oxygens (including phenoxy) is 1. The maximum absolute atomic E-state index is 12.8. The van der Waals surface area contributed by atoms with Gasteiger partial charge in [-0.1, -0.05) is 41.4 Å². The highest BCUT2D eigenvalue weighted by molar-refractivity contribution is 6.53. The molecule has 6 nitrogen and oxygen atoms in total. The van der Waals surface area contributed by atoms with Crippen molar-refractivity contribution in [3.05, 3.63) is 100 Å². The van der Waals surface area contributed by atoms with Crippen molar-refractivity contribution in [1.82, 2.24) is 0 Å². The Balaban J connectivity index is 1.48. The van der Waals surface area contributed by atoms with E-state index in [4.69, 9.17) is 16.3 Å². The Morgan fingerprint density at radius 3 is 2.22 bits per heavy atom. The van der Waals surface area contributed by atoms with E-state index >= 15 is 0 Å². The molecule has 0 bridgehead atoms. The number of nitrogens with zero attached hydrogens (tertiary/aromatic N) is 1. The Morgan fingerprint density at radius 2 is 1.56 bits per heavy atom. The van der Waals surface area contributed by atoms with Crippen molar-refractivity contribution in [2.75, 3.05) is 10.2 Å². The number of aryl methyl sites for hydroxylation is 2. The maximum Gasteiger partial charge on any atom is 0.343 e. The minimum Gasteiger partial charge on any atom is -0.423 e. The fourth-order valence-corrected chi connectivity index (χ4v) is 3.43. The lowest BCUT2D eigenvalue weighted by Gasteiger charge is -2.15. The smallest absolute Gasteiger partial charge is 0.343 e. The van der Waals surface area contributed by atoms with Gasteiger partial charge in [0.1, 0.15) is 16.5 Å². The summed E-state index contributed by atoms with van der Waals surface area (Å²) in [6, 6.07) is 20.5. The third-order valence-corrected chi connectivity index (χ3v) is 5.26. The number of carbonyl (C=O) groups excluding carboxylic acids is 3. The number of hydrogen-bond acceptors (Lipinski definition) is 5. The number of halogens is 1. The zero-order valence-corrected chi connectivity index (χ0v) is 18.1. The normalized spacial score (nSPS) is 13.5. The summed E-state index contributed by atoms with van der Waals surface area (Å²) in [6.07, 6.45) is 0. The summed E-state index contributed by atoms with van der Waals surface area (Å²) in [5, 5.41) is 2.69. The molecule has 160 valence electrons. The summed E-state index contributed by atoms with van der Waals surface area (Å²) in [5.74, 6) is -1.19. The van der Waals surface area contributed by atoms with Gasteiger partial charge in [-0.05, 0) is 67.9 Å². The molecule has 1 aliphatic rings. The summed E-state index contributed by atoms with van der Waals surface area (Å²) >= 11 is 6.17. The van der Waals surface area contributed by atoms with Crippen LogP contribution in [0, 0.1) is 13.8 Å². The third-order valence-electron chi connectivity index (χ3n) is 4.91. The highest BCUT2D eigenvalue weighted by Crippen LogP contribution is 2.30. The third kappa shape index (κ3) is 4.26. The van der Waals surface area contributed by atoms with Crippen LogP contribution in [0.5, 0.6) is 5.75 Å². The second-order valence-corrected chi connectivity index (χ2v) is 7.76. The number of anilines is 2. The van der Waals surface area contributed by atoms with E-state index < -0.39 is 17.8 Å². The van der Waals surface area contributed by atoms with E-state index in [0.717, 1.165) is 16.0 Å². The minimum absolute atomic E-state index is 0.0210. The predicted molar refractivity (Wildman–Crippen MR) is 123 cm³/mol. The fourth-order valence-electron chi connectivity index (χ4n) is 3.22. The molecule has 2 amide bonds. The number of hydrogen-bond donors (Lipinski definition) is 1. The zero-order chi connectivity index (χ0) is 22.8. The van der Waals surface area contributed by atoms with Gasteiger partial charge >= 0.3 is 5.97 Å². The molecule has 1 N–H and O–H groups in total. The topological polar surface area (TPSA) is 75.7 Å². The number of imide groups is 1. The largest absolute Gasteiger partial charge is 0.423 e. The van der Waals surface area contributed by atoms with Gasteiger partial charge in [0.2, 0.25) is 0 Å². The first kappa shape index (κ1) is 21.3. The molecule has 0 atom stereocenters. The molecule has 3 aromatic rings. The summed E-state index contributed by atoms with van der Waals surface area (Å²) < 4.78 is 5.38. The standard InChI is InChI=1S/C25H19ClN2O4/c1-15-6-12-19(13-7-15)28-23(29)21(26)22(24(28)30)27-18-10-8-17(9-11-18)25(31)32-20-5-3-4-16(2)14-20/h3-14,27H,1-2H3. The lowest BCUT2D eigenvalue weighted by molar-refractivity contribution is -0.120. The molecule has 0 fully saturated rings. The van der Waals surface area contributed by atoms with Crippen molar-refractivity contribution in [1.29, 1.82) is 0 Å². The number of benzene rings is 3. The van der Waals surface area contributed by atoms with Crippen LogP contribution in [0.4, 0.5) is 11.4 Å². The number of carbonyl (C=O) groups is 3. The molecule has 0 saturated carbocycles. The van der Waals surface area contributed by atoms with Gasteiger partial charge in [0.15, 0.2) is 0 Å². The Kier molecular flexibility index (Phi) is 5.79. The van der Waals surface area contributed by atoms with Crippen LogP contribution < -0.4 is 15.0 Å². The van der Waals surface area contributed by atoms with E-state index in [1.165, 1.54) is 0 Å². The first-order valence-electron chi connectivity index (χ1n) is 9.84. The molecule has 0 saturated heterocycles. The predicted octanol–water partition coefficient (Wildman–Crippen LogP) is 4.96. The molecular formula is C25H19ClN2O4. The van der Waals surface area contributed by atoms with Crippen molar-refractivity contribution >= 4 is 40.8 Å². The van der Waals surface area contributed by atoms with Crippen LogP contribution in [0.25, 0.3) is 0 Å². The summed E-state index contributed by atoms with van der Waals surface area (Å²) in [7, 11) is 0. The molecule has 0 unspecified atom stereocenters. The van der Waals surface area contributed by atoms with Crippen molar-refractivity contribution in [2.24, 2.45) is 0 Å². The summed E-state index contributed by atoms with van der Waals surface area (Å²) in [4.78, 5) is 38.8. The van der Waals surface area contributed by atoms with Gasteiger partial charge in [-0.2, -0.15) is 0 Å². The number of amides is 2. The van der Waals surface area contributed by atoms with Crippen LogP contribution in [0.2, 0.25) is 0 Å². The molecule has 1 aliphatic heterocycles. The highest BCUT2D eigenvalue weighted by Gasteiger charge is 2.38. The average Bonchev–Trinajstić information content (AvgIpc) is 2.98. The molecule has 0 aromatic heterocycles. The molecule has 4 rings (SSSR count). The minimum atomic E-state index is -0.596. The van der Waals surface area contributed by atoms with E-state index in [-0.39, 0.29) is 10.7 Å². The van der Waals surface area contributed by atoms with Gasteiger partial charge in [0.05, 0.1) is 11.3 Å². The van der Waals surface area contributed by atoms with E-state index in [1.807, 2.05) is 38.1 Å². The first-order valence-corrected chi connectivity index (χ1v) is 10.2. The molecule has 3 aromatic carbocycles. The van der Waals surface area contributed by atoms with Crippen molar-refractivity contribution in [3.8, 4) is 5.75 Å². The molecule has 0 radical (unpaired) electrons. The Labute approximate surface area is 190 Å². The first-order chi connectivity index (χ1) is 15.3. The van der Waals surface area contributed by atoms with E-state index in [0.29, 0.717) is 22.7 Å². The molecular weight excluding hydrogens is 428 g/mol. The summed E-state index contributed by atoms with van der Waals surface area (Å²) in [6.45, 7) is 3.82. The van der Waals surface area contributed by atoms with Crippen LogP contribution in [0.3, 0.4) is 0 Å². The Bertz CT molecular complexity index is 1250. The van der Waals surface area contributed by atoms with Crippen LogP contribution in [-0.2, 0) is 9.59 Å². The average molecular weight is 447 g/mol. The Hall–Kier alpha value is -3.90. The monoisotopic (exact) mass is 446 g/mol. The van der Waals surface area contributed by atoms with Gasteiger partial charge in [0.25, 0.3) is 11.8 Å². The van der Waals surface area contributed by atoms with Crippen LogP contribution in [0.15, 0.2) is 83.5 Å². The fraction of sp³-hybridized carbons (Fsp3) is 0.0800. The zero-order valence-electron chi connectivity index (χ0n) is 17.4. The molecule has 32 heavy (non-hydrogen) atoms. The maximum atomic E-state index is 12.8. The van der Waals surface area contributed by atoms with Crippen molar-refractivity contribution in [2.45, 2.75) is 13.8 Å². The van der Waals surface area contributed by atoms with Gasteiger partial charge in [-0.25, -0.2) is 9.69 Å². The van der Waals surface area contributed by atoms with Gasteiger partial charge in [-0.3, -0.25) is 9.59 Å². The van der Waals surface area contributed by atoms with Gasteiger partial charge in [-0.15, -0.1) is 0 Å². The van der Waals surface area contributed by atoms with Crippen molar-refractivity contribution < 1.29 is 19.1 Å². The number of esters is 1. The molecule has 7 heteroatoms. The highest BCUT2D eigenvalue weighted by atomic mass is 35.5. The number of rotatable bonds is 5. The van der Waals surface area contributed by atoms with E-state index in [1.54, 1.807) is 48.5 Å². The molecule has 0 aliphatic carbocycles. The van der Waals surface area contributed by atoms with Crippen LogP contribution in [0.1, 0.15) is 21.5 Å². The lowest BCUT2D eigenvalue weighted by Crippen LogP contribution is -2.32. The lowest BCUT2D eigenvalue weighted by atomic mass is 10.2. The van der Waals surface area contributed by atoms with E-state index in [9.17, 15) is 14.4 Å². The SMILES string of the molecule is Cc1ccc(N2C(=O)C(Cl)=C(Nc3ccc(C(=O)Oc4cccc(C)c4)cc3)C2=O)cc1. The van der Waals surface area contributed by atoms with Crippen LogP contribution >= 0.6 is 11.6 Å². The quantitative estimate of drug-likeness (QED) is 0.340. The van der Waals surface area contributed by atoms with Crippen LogP contribution in [-0.4, -0.2) is 17.8 Å². The van der Waals surface area contributed by atoms with Gasteiger partial charge in [0, 0.05) is 5.69 Å². The van der Waals surface area contributed by atoms with E-state index in [2.05, 4.69) is 5.32 Å². The second kappa shape index (κ2) is 8.69. The molecule has 1 heterocycles. The summed E-state index contributed by atoms with van der Waals surface area (Å²) in [5.41, 5.74) is 3.24. The van der Waals surface area contributed by atoms with Crippen molar-refractivity contribution in [3.63, 3.8) is 0 Å². The Morgan fingerprint density at radius 1 is 0.875 bits per heavy atom. The van der Waals surface area contributed by atoms with Gasteiger partial charge < -0.3 is 10.1 Å². The second-order valence-electron chi connectivity index (χ2n) is 7.38. The number of nitrogens with one attached hydrogen (secondary N) is 1.